The highest BCUT2D eigenvalue weighted by molar-refractivity contribution is 5.28. The van der Waals surface area contributed by atoms with E-state index in [0.29, 0.717) is 0 Å². The Hall–Kier alpha value is -0.860. The fourth-order valence-corrected chi connectivity index (χ4v) is 3.34. The minimum atomic E-state index is 0.142. The second-order valence-electron chi connectivity index (χ2n) is 5.84. The molecule has 0 heterocycles. The van der Waals surface area contributed by atoms with Crippen molar-refractivity contribution in [2.75, 3.05) is 13.1 Å². The minimum absolute atomic E-state index is 0.142. The second kappa shape index (κ2) is 7.06. The van der Waals surface area contributed by atoms with E-state index in [0.717, 1.165) is 19.1 Å². The van der Waals surface area contributed by atoms with Crippen LogP contribution in [0.2, 0.25) is 0 Å². The van der Waals surface area contributed by atoms with Gasteiger partial charge >= 0.3 is 0 Å². The molecule has 0 bridgehead atoms. The van der Waals surface area contributed by atoms with Gasteiger partial charge in [-0.2, -0.15) is 0 Å². The van der Waals surface area contributed by atoms with Gasteiger partial charge in [0.05, 0.1) is 0 Å². The highest BCUT2D eigenvalue weighted by Crippen LogP contribution is 2.24. The predicted octanol–water partition coefficient (Wildman–Crippen LogP) is 3.65. The first-order valence-electron chi connectivity index (χ1n) is 7.77. The zero-order valence-corrected chi connectivity index (χ0v) is 12.4. The monoisotopic (exact) mass is 260 g/mol. The number of benzene rings is 1. The first kappa shape index (κ1) is 14.5. The van der Waals surface area contributed by atoms with E-state index in [4.69, 9.17) is 5.73 Å². The van der Waals surface area contributed by atoms with Crippen molar-refractivity contribution in [3.63, 3.8) is 0 Å². The lowest BCUT2D eigenvalue weighted by Crippen LogP contribution is -2.41. The molecule has 1 saturated carbocycles. The van der Waals surface area contributed by atoms with Gasteiger partial charge in [-0.15, -0.1) is 0 Å². The average Bonchev–Trinajstić information content (AvgIpc) is 2.46. The van der Waals surface area contributed by atoms with E-state index in [2.05, 4.69) is 43.0 Å². The van der Waals surface area contributed by atoms with Gasteiger partial charge in [-0.3, -0.25) is 4.90 Å². The summed E-state index contributed by atoms with van der Waals surface area (Å²) < 4.78 is 0. The molecule has 106 valence electrons. The molecule has 0 aromatic heterocycles. The summed E-state index contributed by atoms with van der Waals surface area (Å²) >= 11 is 0. The Bertz CT molecular complexity index is 383. The lowest BCUT2D eigenvalue weighted by molar-refractivity contribution is 0.155. The Morgan fingerprint density at radius 1 is 1.21 bits per heavy atom. The van der Waals surface area contributed by atoms with Crippen LogP contribution in [0.4, 0.5) is 0 Å². The molecule has 2 nitrogen and oxygen atoms in total. The molecular formula is C17H28N2. The SMILES string of the molecule is CCN(CC(N)c1ccccc1C)C1CCCCC1. The summed E-state index contributed by atoms with van der Waals surface area (Å²) in [5.41, 5.74) is 9.05. The van der Waals surface area contributed by atoms with Crippen molar-refractivity contribution in [2.24, 2.45) is 5.73 Å². The first-order chi connectivity index (χ1) is 9.22. The van der Waals surface area contributed by atoms with Gasteiger partial charge in [0, 0.05) is 18.6 Å². The maximum atomic E-state index is 6.44. The van der Waals surface area contributed by atoms with E-state index in [1.165, 1.54) is 43.2 Å². The summed E-state index contributed by atoms with van der Waals surface area (Å²) in [4.78, 5) is 2.59. The summed E-state index contributed by atoms with van der Waals surface area (Å²) in [5.74, 6) is 0. The lowest BCUT2D eigenvalue weighted by atomic mass is 9.93. The van der Waals surface area contributed by atoms with Crippen LogP contribution in [0.25, 0.3) is 0 Å². The van der Waals surface area contributed by atoms with Crippen molar-refractivity contribution in [3.05, 3.63) is 35.4 Å². The van der Waals surface area contributed by atoms with Crippen LogP contribution in [0.5, 0.6) is 0 Å². The number of nitrogens with two attached hydrogens (primary N) is 1. The molecule has 1 aromatic carbocycles. The standard InChI is InChI=1S/C17H28N2/c1-3-19(15-10-5-4-6-11-15)13-17(18)16-12-8-7-9-14(16)2/h7-9,12,15,17H,3-6,10-11,13,18H2,1-2H3. The molecule has 0 radical (unpaired) electrons. The molecule has 1 aromatic rings. The number of hydrogen-bond acceptors (Lipinski definition) is 2. The summed E-state index contributed by atoms with van der Waals surface area (Å²) in [6, 6.07) is 9.42. The van der Waals surface area contributed by atoms with E-state index in [1.54, 1.807) is 0 Å². The molecule has 1 aliphatic carbocycles. The minimum Gasteiger partial charge on any atom is -0.323 e. The average molecular weight is 260 g/mol. The fraction of sp³-hybridized carbons (Fsp3) is 0.647. The third-order valence-electron chi connectivity index (χ3n) is 4.52. The quantitative estimate of drug-likeness (QED) is 0.875. The molecule has 2 heteroatoms. The molecule has 19 heavy (non-hydrogen) atoms. The van der Waals surface area contributed by atoms with E-state index < -0.39 is 0 Å². The highest BCUT2D eigenvalue weighted by atomic mass is 15.2. The molecule has 0 amide bonds. The summed E-state index contributed by atoms with van der Waals surface area (Å²) in [6.07, 6.45) is 6.90. The number of likely N-dealkylation sites (N-methyl/N-ethyl adjacent to an activating group) is 1. The summed E-state index contributed by atoms with van der Waals surface area (Å²) in [5, 5.41) is 0. The maximum Gasteiger partial charge on any atom is 0.0427 e. The van der Waals surface area contributed by atoms with Gasteiger partial charge < -0.3 is 5.73 Å². The molecule has 1 unspecified atom stereocenters. The van der Waals surface area contributed by atoms with Crippen LogP contribution >= 0.6 is 0 Å². The van der Waals surface area contributed by atoms with Crippen LogP contribution in [0.3, 0.4) is 0 Å². The molecule has 0 saturated heterocycles. The summed E-state index contributed by atoms with van der Waals surface area (Å²) in [6.45, 7) is 6.53. The Kier molecular flexibility index (Phi) is 5.41. The Balaban J connectivity index is 1.99. The van der Waals surface area contributed by atoms with Crippen LogP contribution in [0.1, 0.15) is 56.2 Å². The molecule has 1 atom stereocenters. The van der Waals surface area contributed by atoms with Crippen molar-refractivity contribution in [1.82, 2.24) is 4.90 Å². The van der Waals surface area contributed by atoms with Gasteiger partial charge in [0.2, 0.25) is 0 Å². The molecule has 0 aliphatic heterocycles. The zero-order chi connectivity index (χ0) is 13.7. The molecule has 2 rings (SSSR count). The normalized spacial score (nSPS) is 18.7. The van der Waals surface area contributed by atoms with Gasteiger partial charge in [-0.25, -0.2) is 0 Å². The molecule has 0 spiro atoms. The maximum absolute atomic E-state index is 6.44. The number of rotatable bonds is 5. The molecule has 2 N–H and O–H groups in total. The first-order valence-corrected chi connectivity index (χ1v) is 7.77. The van der Waals surface area contributed by atoms with E-state index in [9.17, 15) is 0 Å². The topological polar surface area (TPSA) is 29.3 Å². The number of aryl methyl sites for hydroxylation is 1. The summed E-state index contributed by atoms with van der Waals surface area (Å²) in [7, 11) is 0. The third kappa shape index (κ3) is 3.80. The van der Waals surface area contributed by atoms with Gasteiger partial charge in [0.1, 0.15) is 0 Å². The molecular weight excluding hydrogens is 232 g/mol. The van der Waals surface area contributed by atoms with Crippen LogP contribution < -0.4 is 5.73 Å². The Morgan fingerprint density at radius 3 is 2.53 bits per heavy atom. The van der Waals surface area contributed by atoms with Crippen LogP contribution in [-0.4, -0.2) is 24.0 Å². The molecule has 1 aliphatic rings. The van der Waals surface area contributed by atoms with Crippen molar-refractivity contribution >= 4 is 0 Å². The largest absolute Gasteiger partial charge is 0.323 e. The zero-order valence-electron chi connectivity index (χ0n) is 12.4. The number of nitrogens with zero attached hydrogens (tertiary/aromatic N) is 1. The highest BCUT2D eigenvalue weighted by Gasteiger charge is 2.22. The Morgan fingerprint density at radius 2 is 1.89 bits per heavy atom. The third-order valence-corrected chi connectivity index (χ3v) is 4.52. The van der Waals surface area contributed by atoms with E-state index in [-0.39, 0.29) is 6.04 Å². The van der Waals surface area contributed by atoms with Gasteiger partial charge in [0.25, 0.3) is 0 Å². The van der Waals surface area contributed by atoms with Crippen molar-refractivity contribution in [1.29, 1.82) is 0 Å². The predicted molar refractivity (Wildman–Crippen MR) is 82.2 cm³/mol. The van der Waals surface area contributed by atoms with E-state index >= 15 is 0 Å². The molecule has 1 fully saturated rings. The van der Waals surface area contributed by atoms with Crippen LogP contribution in [0, 0.1) is 6.92 Å². The van der Waals surface area contributed by atoms with Crippen molar-refractivity contribution < 1.29 is 0 Å². The Labute approximate surface area is 118 Å². The van der Waals surface area contributed by atoms with Crippen molar-refractivity contribution in [3.8, 4) is 0 Å². The fourth-order valence-electron chi connectivity index (χ4n) is 3.34. The van der Waals surface area contributed by atoms with Crippen LogP contribution in [-0.2, 0) is 0 Å². The van der Waals surface area contributed by atoms with Gasteiger partial charge in [-0.1, -0.05) is 50.5 Å². The van der Waals surface area contributed by atoms with Crippen molar-refractivity contribution in [2.45, 2.75) is 58.0 Å². The van der Waals surface area contributed by atoms with Crippen LogP contribution in [0.15, 0.2) is 24.3 Å². The van der Waals surface area contributed by atoms with E-state index in [1.807, 2.05) is 0 Å². The van der Waals surface area contributed by atoms with Gasteiger partial charge in [-0.05, 0) is 37.4 Å². The second-order valence-corrected chi connectivity index (χ2v) is 5.84. The lowest BCUT2D eigenvalue weighted by Gasteiger charge is -2.35. The number of hydrogen-bond donors (Lipinski definition) is 1. The smallest absolute Gasteiger partial charge is 0.0427 e. The van der Waals surface area contributed by atoms with Gasteiger partial charge in [0.15, 0.2) is 0 Å².